The summed E-state index contributed by atoms with van der Waals surface area (Å²) < 4.78 is 36.1. The molecule has 1 saturated carbocycles. The summed E-state index contributed by atoms with van der Waals surface area (Å²) in [6.45, 7) is 0.383. The molecule has 2 N–H and O–H groups in total. The quantitative estimate of drug-likeness (QED) is 0.838. The van der Waals surface area contributed by atoms with Crippen molar-refractivity contribution in [2.45, 2.75) is 25.9 Å². The lowest BCUT2D eigenvalue weighted by Gasteiger charge is -2.13. The van der Waals surface area contributed by atoms with E-state index in [0.29, 0.717) is 5.56 Å². The predicted octanol–water partition coefficient (Wildman–Crippen LogP) is 3.27. The molecular weight excluding hydrogens is 285 g/mol. The van der Waals surface area contributed by atoms with Gasteiger partial charge in [-0.25, -0.2) is 4.79 Å². The fourth-order valence-corrected chi connectivity index (χ4v) is 1.88. The highest BCUT2D eigenvalue weighted by molar-refractivity contribution is 6.06. The molecule has 1 fully saturated rings. The second-order valence-corrected chi connectivity index (χ2v) is 5.11. The van der Waals surface area contributed by atoms with Crippen LogP contribution in [0.25, 0.3) is 0 Å². The molecule has 2 rings (SSSR count). The zero-order valence-corrected chi connectivity index (χ0v) is 11.4. The van der Waals surface area contributed by atoms with Crippen molar-refractivity contribution in [3.63, 3.8) is 0 Å². The van der Waals surface area contributed by atoms with Gasteiger partial charge in [-0.1, -0.05) is 11.6 Å². The van der Waals surface area contributed by atoms with E-state index in [1.165, 1.54) is 6.07 Å². The number of nitrogens with one attached hydrogen (secondary N) is 2. The molecule has 7 heteroatoms. The van der Waals surface area contributed by atoms with Crippen LogP contribution in [0.2, 0.25) is 0 Å². The fraction of sp³-hybridized carbons (Fsp3) is 0.429. The van der Waals surface area contributed by atoms with Crippen molar-refractivity contribution >= 4 is 17.5 Å². The summed E-state index contributed by atoms with van der Waals surface area (Å²) in [5.41, 5.74) is 1.43. The van der Waals surface area contributed by atoms with Crippen LogP contribution < -0.4 is 10.6 Å². The SMILES string of the molecule is Cc1ccc(NC(=O)NCC(F)(F)F)c(C(=O)C2CC2)c1. The van der Waals surface area contributed by atoms with Gasteiger partial charge in [-0.15, -0.1) is 0 Å². The highest BCUT2D eigenvalue weighted by Crippen LogP contribution is 2.34. The zero-order valence-electron chi connectivity index (χ0n) is 11.4. The van der Waals surface area contributed by atoms with Crippen molar-refractivity contribution in [3.05, 3.63) is 29.3 Å². The lowest BCUT2D eigenvalue weighted by atomic mass is 10.0. The van der Waals surface area contributed by atoms with Crippen LogP contribution >= 0.6 is 0 Å². The van der Waals surface area contributed by atoms with Gasteiger partial charge in [0.2, 0.25) is 0 Å². The number of amides is 2. The Hall–Kier alpha value is -2.05. The summed E-state index contributed by atoms with van der Waals surface area (Å²) in [5.74, 6) is -0.115. The molecule has 0 heterocycles. The van der Waals surface area contributed by atoms with Crippen LogP contribution in [0.15, 0.2) is 18.2 Å². The predicted molar refractivity (Wildman–Crippen MR) is 71.3 cm³/mol. The minimum atomic E-state index is -4.47. The first-order valence-electron chi connectivity index (χ1n) is 6.53. The molecule has 0 saturated heterocycles. The number of benzene rings is 1. The first kappa shape index (κ1) is 15.3. The van der Waals surface area contributed by atoms with Crippen molar-refractivity contribution in [3.8, 4) is 0 Å². The third kappa shape index (κ3) is 4.47. The van der Waals surface area contributed by atoms with E-state index in [1.807, 2.05) is 0 Å². The summed E-state index contributed by atoms with van der Waals surface area (Å²) >= 11 is 0. The van der Waals surface area contributed by atoms with Crippen LogP contribution in [0.5, 0.6) is 0 Å². The number of hydrogen-bond acceptors (Lipinski definition) is 2. The van der Waals surface area contributed by atoms with E-state index >= 15 is 0 Å². The van der Waals surface area contributed by atoms with Crippen LogP contribution in [0, 0.1) is 12.8 Å². The summed E-state index contributed by atoms with van der Waals surface area (Å²) in [6.07, 6.45) is -2.85. The number of carbonyl (C=O) groups is 2. The third-order valence-electron chi connectivity index (χ3n) is 3.09. The Morgan fingerprint density at radius 1 is 1.29 bits per heavy atom. The second-order valence-electron chi connectivity index (χ2n) is 5.11. The molecule has 1 aliphatic rings. The van der Waals surface area contributed by atoms with E-state index in [0.717, 1.165) is 18.4 Å². The van der Waals surface area contributed by atoms with Gasteiger partial charge in [-0.05, 0) is 31.9 Å². The molecule has 21 heavy (non-hydrogen) atoms. The number of aryl methyl sites for hydroxylation is 1. The van der Waals surface area contributed by atoms with Crippen LogP contribution in [0.3, 0.4) is 0 Å². The number of ketones is 1. The average Bonchev–Trinajstić information content (AvgIpc) is 3.21. The second kappa shape index (κ2) is 5.75. The van der Waals surface area contributed by atoms with Crippen LogP contribution in [-0.2, 0) is 0 Å². The summed E-state index contributed by atoms with van der Waals surface area (Å²) in [5, 5.41) is 4.01. The molecule has 114 valence electrons. The normalized spacial score (nSPS) is 14.7. The maximum absolute atomic E-state index is 12.1. The Kier molecular flexibility index (Phi) is 4.20. The molecule has 1 aliphatic carbocycles. The molecule has 4 nitrogen and oxygen atoms in total. The number of rotatable bonds is 4. The van der Waals surface area contributed by atoms with Crippen molar-refractivity contribution in [1.29, 1.82) is 0 Å². The fourth-order valence-electron chi connectivity index (χ4n) is 1.88. The minimum Gasteiger partial charge on any atom is -0.329 e. The van der Waals surface area contributed by atoms with E-state index in [2.05, 4.69) is 5.32 Å². The molecule has 0 atom stereocenters. The van der Waals surface area contributed by atoms with Crippen LogP contribution in [0.1, 0.15) is 28.8 Å². The van der Waals surface area contributed by atoms with E-state index in [4.69, 9.17) is 0 Å². The number of alkyl halides is 3. The Bertz CT molecular complexity index is 566. The molecule has 0 bridgehead atoms. The van der Waals surface area contributed by atoms with Crippen molar-refractivity contribution in [2.75, 3.05) is 11.9 Å². The maximum Gasteiger partial charge on any atom is 0.405 e. The minimum absolute atomic E-state index is 0.0365. The third-order valence-corrected chi connectivity index (χ3v) is 3.09. The lowest BCUT2D eigenvalue weighted by Crippen LogP contribution is -2.36. The van der Waals surface area contributed by atoms with E-state index in [-0.39, 0.29) is 17.4 Å². The van der Waals surface area contributed by atoms with E-state index in [1.54, 1.807) is 24.4 Å². The van der Waals surface area contributed by atoms with Crippen molar-refractivity contribution in [1.82, 2.24) is 5.32 Å². The Morgan fingerprint density at radius 3 is 2.52 bits per heavy atom. The Morgan fingerprint density at radius 2 is 1.95 bits per heavy atom. The highest BCUT2D eigenvalue weighted by Gasteiger charge is 2.32. The standard InChI is InChI=1S/C14H15F3N2O2/c1-8-2-5-11(10(6-8)12(20)9-3-4-9)19-13(21)18-7-14(15,16)17/h2,5-6,9H,3-4,7H2,1H3,(H2,18,19,21). The smallest absolute Gasteiger partial charge is 0.329 e. The summed E-state index contributed by atoms with van der Waals surface area (Å²) in [4.78, 5) is 23.6. The first-order chi connectivity index (χ1) is 9.76. The molecule has 0 radical (unpaired) electrons. The topological polar surface area (TPSA) is 58.2 Å². The molecule has 0 unspecified atom stereocenters. The number of hydrogen-bond donors (Lipinski definition) is 2. The van der Waals surface area contributed by atoms with Gasteiger partial charge in [0.1, 0.15) is 6.54 Å². The average molecular weight is 300 g/mol. The molecule has 1 aromatic carbocycles. The van der Waals surface area contributed by atoms with E-state index in [9.17, 15) is 22.8 Å². The van der Waals surface area contributed by atoms with Gasteiger partial charge in [0, 0.05) is 11.5 Å². The van der Waals surface area contributed by atoms with Crippen LogP contribution in [-0.4, -0.2) is 24.5 Å². The zero-order chi connectivity index (χ0) is 15.6. The van der Waals surface area contributed by atoms with Gasteiger partial charge < -0.3 is 10.6 Å². The number of Topliss-reactive ketones (excluding diaryl/α,β-unsaturated/α-hetero) is 1. The molecule has 0 aliphatic heterocycles. The number of anilines is 1. The summed E-state index contributed by atoms with van der Waals surface area (Å²) in [6, 6.07) is 3.86. The Labute approximate surface area is 119 Å². The van der Waals surface area contributed by atoms with Gasteiger partial charge in [0.15, 0.2) is 5.78 Å². The first-order valence-corrected chi connectivity index (χ1v) is 6.53. The maximum atomic E-state index is 12.1. The molecule has 2 amide bonds. The van der Waals surface area contributed by atoms with Gasteiger partial charge in [0.05, 0.1) is 5.69 Å². The van der Waals surface area contributed by atoms with Gasteiger partial charge >= 0.3 is 12.2 Å². The van der Waals surface area contributed by atoms with Gasteiger partial charge in [-0.2, -0.15) is 13.2 Å². The molecule has 1 aromatic rings. The van der Waals surface area contributed by atoms with Crippen LogP contribution in [0.4, 0.5) is 23.7 Å². The lowest BCUT2D eigenvalue weighted by molar-refractivity contribution is -0.122. The van der Waals surface area contributed by atoms with Gasteiger partial charge in [0.25, 0.3) is 0 Å². The summed E-state index contributed by atoms with van der Waals surface area (Å²) in [7, 11) is 0. The number of urea groups is 1. The van der Waals surface area contributed by atoms with Crippen molar-refractivity contribution in [2.24, 2.45) is 5.92 Å². The monoisotopic (exact) mass is 300 g/mol. The Balaban J connectivity index is 2.08. The largest absolute Gasteiger partial charge is 0.405 e. The highest BCUT2D eigenvalue weighted by atomic mass is 19.4. The molecule has 0 aromatic heterocycles. The van der Waals surface area contributed by atoms with Crippen molar-refractivity contribution < 1.29 is 22.8 Å². The molecular formula is C14H15F3N2O2. The number of carbonyl (C=O) groups excluding carboxylic acids is 2. The number of halogens is 3. The van der Waals surface area contributed by atoms with E-state index < -0.39 is 18.8 Å². The molecule has 0 spiro atoms. The van der Waals surface area contributed by atoms with Gasteiger partial charge in [-0.3, -0.25) is 4.79 Å².